The zero-order valence-electron chi connectivity index (χ0n) is 37.1. The number of hydrogen-bond donors (Lipinski definition) is 0. The molecule has 2 aromatic carbocycles. The zero-order valence-corrected chi connectivity index (χ0v) is 37.1. The number of carbonyl (C=O) groups is 5. The van der Waals surface area contributed by atoms with E-state index in [2.05, 4.69) is 55.4 Å². The first kappa shape index (κ1) is 50.1. The quantitative estimate of drug-likeness (QED) is 0.0328. The predicted molar refractivity (Wildman–Crippen MR) is 231 cm³/mol. The molecule has 0 unspecified atom stereocenters. The first-order valence-electron chi connectivity index (χ1n) is 22.2. The highest BCUT2D eigenvalue weighted by Crippen LogP contribution is 2.30. The molecule has 0 radical (unpaired) electrons. The van der Waals surface area contributed by atoms with Crippen molar-refractivity contribution in [3.63, 3.8) is 0 Å². The predicted octanol–water partition coefficient (Wildman–Crippen LogP) is 12.4. The van der Waals surface area contributed by atoms with Gasteiger partial charge in [0.25, 0.3) is 0 Å². The van der Waals surface area contributed by atoms with Crippen molar-refractivity contribution in [2.24, 2.45) is 23.7 Å². The number of ketones is 1. The van der Waals surface area contributed by atoms with Crippen LogP contribution in [0.5, 0.6) is 0 Å². The van der Waals surface area contributed by atoms with Gasteiger partial charge in [0.15, 0.2) is 5.78 Å². The molecule has 0 spiro atoms. The molecule has 9 nitrogen and oxygen atoms in total. The van der Waals surface area contributed by atoms with Crippen LogP contribution in [0.2, 0.25) is 0 Å². The van der Waals surface area contributed by atoms with Crippen LogP contribution in [0.3, 0.4) is 0 Å². The topological polar surface area (TPSA) is 122 Å². The van der Waals surface area contributed by atoms with Gasteiger partial charge in [0.05, 0.1) is 48.7 Å². The van der Waals surface area contributed by atoms with Crippen LogP contribution in [0, 0.1) is 23.7 Å². The molecule has 2 rings (SSSR count). The molecule has 0 saturated heterocycles. The molecule has 0 amide bonds. The second-order valence-electron chi connectivity index (χ2n) is 17.3. The third-order valence-electron chi connectivity index (χ3n) is 10.1. The number of esters is 4. The third-order valence-corrected chi connectivity index (χ3v) is 10.1. The first-order chi connectivity index (χ1) is 27.7. The van der Waals surface area contributed by atoms with E-state index in [9.17, 15) is 24.0 Å². The molecule has 0 atom stereocenters. The summed E-state index contributed by atoms with van der Waals surface area (Å²) in [6, 6.07) is 9.46. The van der Waals surface area contributed by atoms with Gasteiger partial charge in [-0.3, -0.25) is 4.79 Å². The summed E-state index contributed by atoms with van der Waals surface area (Å²) in [5, 5.41) is 0. The second-order valence-corrected chi connectivity index (χ2v) is 17.3. The molecular weight excluding hydrogens is 733 g/mol. The largest absolute Gasteiger partial charge is 0.462 e. The zero-order chi connectivity index (χ0) is 42.9. The first-order valence-corrected chi connectivity index (χ1v) is 22.2. The van der Waals surface area contributed by atoms with Crippen molar-refractivity contribution in [3.8, 4) is 0 Å². The molecule has 0 fully saturated rings. The Hall–Kier alpha value is -4.01. The fourth-order valence-electron chi connectivity index (χ4n) is 6.68. The lowest BCUT2D eigenvalue weighted by Crippen LogP contribution is -2.27. The van der Waals surface area contributed by atoms with E-state index in [1.54, 1.807) is 30.3 Å². The van der Waals surface area contributed by atoms with Crippen LogP contribution in [0.15, 0.2) is 36.4 Å². The molecule has 9 heteroatoms. The van der Waals surface area contributed by atoms with Gasteiger partial charge in [-0.15, -0.1) is 0 Å². The standard InChI is InChI=1S/C49H74O9/c1-35(2)24-14-10-20-30-55-46(51)41-34-40(45(50)39-28-18-9-19-29-39)42(47(52)56-31-21-11-15-25-36(3)4)44(49(54)58-33-23-13-17-27-38(7)8)43(41)48(53)57-32-22-12-16-26-37(5)6/h9,18-19,28-29,34-38H,10-17,20-27,30-33H2,1-8H3. The fraction of sp³-hybridized carbons (Fsp3) is 0.653. The van der Waals surface area contributed by atoms with Crippen LogP contribution in [-0.4, -0.2) is 56.1 Å². The van der Waals surface area contributed by atoms with E-state index in [4.69, 9.17) is 18.9 Å². The summed E-state index contributed by atoms with van der Waals surface area (Å²) in [4.78, 5) is 71.3. The minimum atomic E-state index is -1.01. The Morgan fingerprint density at radius 2 is 0.724 bits per heavy atom. The van der Waals surface area contributed by atoms with Crippen molar-refractivity contribution in [3.05, 3.63) is 69.8 Å². The second kappa shape index (κ2) is 28.4. The molecule has 0 aliphatic heterocycles. The van der Waals surface area contributed by atoms with Crippen LogP contribution in [-0.2, 0) is 18.9 Å². The van der Waals surface area contributed by atoms with Crippen molar-refractivity contribution in [2.45, 2.75) is 158 Å². The van der Waals surface area contributed by atoms with E-state index in [0.717, 1.165) is 77.0 Å². The van der Waals surface area contributed by atoms with Crippen molar-refractivity contribution < 1.29 is 42.9 Å². The summed E-state index contributed by atoms with van der Waals surface area (Å²) in [6.07, 6.45) is 13.6. The summed E-state index contributed by atoms with van der Waals surface area (Å²) >= 11 is 0. The van der Waals surface area contributed by atoms with Gasteiger partial charge >= 0.3 is 23.9 Å². The van der Waals surface area contributed by atoms with Crippen molar-refractivity contribution in [1.29, 1.82) is 0 Å². The molecule has 0 saturated carbocycles. The van der Waals surface area contributed by atoms with E-state index in [1.165, 1.54) is 6.07 Å². The molecule has 324 valence electrons. The lowest BCUT2D eigenvalue weighted by Gasteiger charge is -2.20. The van der Waals surface area contributed by atoms with Crippen LogP contribution < -0.4 is 0 Å². The summed E-state index contributed by atoms with van der Waals surface area (Å²) in [5.41, 5.74) is -1.76. The number of ether oxygens (including phenoxy) is 4. The minimum absolute atomic E-state index is 0.0125. The van der Waals surface area contributed by atoms with E-state index in [0.29, 0.717) is 49.4 Å². The average Bonchev–Trinajstić information content (AvgIpc) is 3.18. The molecule has 0 aliphatic carbocycles. The van der Waals surface area contributed by atoms with Crippen LogP contribution in [0.4, 0.5) is 0 Å². The average molecular weight is 807 g/mol. The van der Waals surface area contributed by atoms with Crippen LogP contribution in [0.1, 0.15) is 215 Å². The van der Waals surface area contributed by atoms with Gasteiger partial charge in [-0.05, 0) is 55.4 Å². The third kappa shape index (κ3) is 19.2. The molecule has 0 heterocycles. The van der Waals surface area contributed by atoms with E-state index in [-0.39, 0.29) is 43.1 Å². The normalized spacial score (nSPS) is 11.4. The number of rotatable bonds is 30. The molecule has 58 heavy (non-hydrogen) atoms. The Kier molecular flexibility index (Phi) is 24.6. The van der Waals surface area contributed by atoms with E-state index >= 15 is 0 Å². The fourth-order valence-corrected chi connectivity index (χ4v) is 6.68. The summed E-state index contributed by atoms with van der Waals surface area (Å²) in [6.45, 7) is 17.4. The Morgan fingerprint density at radius 3 is 1.09 bits per heavy atom. The van der Waals surface area contributed by atoms with E-state index < -0.39 is 46.4 Å². The maximum Gasteiger partial charge on any atom is 0.339 e. The molecule has 2 aromatic rings. The van der Waals surface area contributed by atoms with Gasteiger partial charge in [-0.25, -0.2) is 19.2 Å². The van der Waals surface area contributed by atoms with Crippen molar-refractivity contribution in [2.75, 3.05) is 26.4 Å². The highest BCUT2D eigenvalue weighted by Gasteiger charge is 2.37. The molecule has 0 N–H and O–H groups in total. The van der Waals surface area contributed by atoms with Gasteiger partial charge in [-0.2, -0.15) is 0 Å². The minimum Gasteiger partial charge on any atom is -0.462 e. The maximum absolute atomic E-state index is 14.4. The number of carbonyl (C=O) groups excluding carboxylic acids is 5. The van der Waals surface area contributed by atoms with Crippen molar-refractivity contribution in [1.82, 2.24) is 0 Å². The summed E-state index contributed by atoms with van der Waals surface area (Å²) < 4.78 is 23.0. The molecule has 0 aliphatic rings. The smallest absolute Gasteiger partial charge is 0.339 e. The van der Waals surface area contributed by atoms with Crippen molar-refractivity contribution >= 4 is 29.7 Å². The number of unbranched alkanes of at least 4 members (excludes halogenated alkanes) is 8. The van der Waals surface area contributed by atoms with Gasteiger partial charge in [-0.1, -0.05) is 163 Å². The molecular formula is C49H74O9. The van der Waals surface area contributed by atoms with Gasteiger partial charge < -0.3 is 18.9 Å². The van der Waals surface area contributed by atoms with E-state index in [1.807, 2.05) is 0 Å². The Morgan fingerprint density at radius 1 is 0.397 bits per heavy atom. The Balaban J connectivity index is 2.72. The number of hydrogen-bond acceptors (Lipinski definition) is 9. The van der Waals surface area contributed by atoms with Crippen LogP contribution >= 0.6 is 0 Å². The lowest BCUT2D eigenvalue weighted by molar-refractivity contribution is 0.0414. The van der Waals surface area contributed by atoms with Gasteiger partial charge in [0.1, 0.15) is 0 Å². The summed E-state index contributed by atoms with van der Waals surface area (Å²) in [7, 11) is 0. The SMILES string of the molecule is CC(C)CCCCCOC(=O)c1cc(C(=O)c2ccccc2)c(C(=O)OCCCCCC(C)C)c(C(=O)OCCCCCC(C)C)c1C(=O)OCCCCCC(C)C. The monoisotopic (exact) mass is 807 g/mol. The Labute approximate surface area is 349 Å². The van der Waals surface area contributed by atoms with Crippen LogP contribution in [0.25, 0.3) is 0 Å². The summed E-state index contributed by atoms with van der Waals surface area (Å²) in [5.74, 6) is -2.28. The van der Waals surface area contributed by atoms with Gasteiger partial charge in [0, 0.05) is 11.1 Å². The maximum atomic E-state index is 14.4. The molecule has 0 bridgehead atoms. The molecule has 0 aromatic heterocycles. The highest BCUT2D eigenvalue weighted by atomic mass is 16.5. The number of benzene rings is 2. The highest BCUT2D eigenvalue weighted by molar-refractivity contribution is 6.22. The Bertz CT molecular complexity index is 1540. The lowest BCUT2D eigenvalue weighted by atomic mass is 9.87. The van der Waals surface area contributed by atoms with Gasteiger partial charge in [0.2, 0.25) is 0 Å².